The molecule has 0 saturated heterocycles. The summed E-state index contributed by atoms with van der Waals surface area (Å²) in [5, 5.41) is 4.16. The number of hydrogen-bond acceptors (Lipinski definition) is 2. The highest BCUT2D eigenvalue weighted by molar-refractivity contribution is 6.50. The molecule has 0 radical (unpaired) electrons. The van der Waals surface area contributed by atoms with E-state index in [1.165, 1.54) is 0 Å². The van der Waals surface area contributed by atoms with E-state index < -0.39 is 4.33 Å². The van der Waals surface area contributed by atoms with Crippen molar-refractivity contribution >= 4 is 34.8 Å². The highest BCUT2D eigenvalue weighted by atomic mass is 35.5. The number of halogens is 3. The molecule has 0 N–H and O–H groups in total. The zero-order chi connectivity index (χ0) is 12.8. The smallest absolute Gasteiger partial charge is 0.137 e. The van der Waals surface area contributed by atoms with E-state index >= 15 is 0 Å². The van der Waals surface area contributed by atoms with Crippen LogP contribution in [0.2, 0.25) is 0 Å². The van der Waals surface area contributed by atoms with Crippen molar-refractivity contribution < 1.29 is 0 Å². The van der Waals surface area contributed by atoms with Gasteiger partial charge in [-0.15, -0.1) is 34.8 Å². The van der Waals surface area contributed by atoms with Crippen molar-refractivity contribution in [2.75, 3.05) is 0 Å². The van der Waals surface area contributed by atoms with E-state index in [1.807, 2.05) is 4.68 Å². The SMILES string of the molecule is ClC1(Cl)C[C@@H]1CC[C@H](Cn1cncn1)C1(Cl)CC1. The number of aromatic nitrogens is 3. The monoisotopic (exact) mass is 307 g/mol. The van der Waals surface area contributed by atoms with E-state index in [4.69, 9.17) is 34.8 Å². The summed E-state index contributed by atoms with van der Waals surface area (Å²) in [6.45, 7) is 0.841. The largest absolute Gasteiger partial charge is 0.253 e. The molecule has 1 aromatic rings. The van der Waals surface area contributed by atoms with Crippen LogP contribution in [0.25, 0.3) is 0 Å². The summed E-state index contributed by atoms with van der Waals surface area (Å²) in [6.07, 6.45) is 8.56. The summed E-state index contributed by atoms with van der Waals surface area (Å²) < 4.78 is 1.40. The molecule has 0 aromatic carbocycles. The average Bonchev–Trinajstić information content (AvgIpc) is 3.09. The summed E-state index contributed by atoms with van der Waals surface area (Å²) in [5.74, 6) is 0.878. The van der Waals surface area contributed by atoms with Crippen LogP contribution in [-0.2, 0) is 6.54 Å². The first-order chi connectivity index (χ1) is 8.50. The van der Waals surface area contributed by atoms with Crippen molar-refractivity contribution in [2.45, 2.75) is 47.9 Å². The Hall–Kier alpha value is 0.01000. The Morgan fingerprint density at radius 1 is 1.33 bits per heavy atom. The first-order valence-corrected chi connectivity index (χ1v) is 7.52. The summed E-state index contributed by atoms with van der Waals surface area (Å²) >= 11 is 18.7. The van der Waals surface area contributed by atoms with Crippen molar-refractivity contribution in [1.29, 1.82) is 0 Å². The molecule has 18 heavy (non-hydrogen) atoms. The molecule has 0 amide bonds. The van der Waals surface area contributed by atoms with Crippen molar-refractivity contribution in [2.24, 2.45) is 11.8 Å². The fourth-order valence-corrected chi connectivity index (χ4v) is 3.44. The molecule has 3 nitrogen and oxygen atoms in total. The molecule has 6 heteroatoms. The van der Waals surface area contributed by atoms with Gasteiger partial charge in [0.1, 0.15) is 17.0 Å². The molecule has 2 aliphatic carbocycles. The van der Waals surface area contributed by atoms with Crippen molar-refractivity contribution in [1.82, 2.24) is 14.8 Å². The van der Waals surface area contributed by atoms with Gasteiger partial charge < -0.3 is 0 Å². The van der Waals surface area contributed by atoms with E-state index in [0.717, 1.165) is 38.6 Å². The van der Waals surface area contributed by atoms with Crippen LogP contribution in [0.4, 0.5) is 0 Å². The van der Waals surface area contributed by atoms with Crippen LogP contribution in [-0.4, -0.2) is 24.0 Å². The lowest BCUT2D eigenvalue weighted by Crippen LogP contribution is -2.23. The average molecular weight is 309 g/mol. The van der Waals surface area contributed by atoms with Crippen LogP contribution in [0.5, 0.6) is 0 Å². The topological polar surface area (TPSA) is 30.7 Å². The number of alkyl halides is 3. The van der Waals surface area contributed by atoms with E-state index in [-0.39, 0.29) is 4.87 Å². The van der Waals surface area contributed by atoms with Gasteiger partial charge in [-0.25, -0.2) is 4.98 Å². The van der Waals surface area contributed by atoms with E-state index in [9.17, 15) is 0 Å². The Balaban J connectivity index is 1.57. The maximum atomic E-state index is 6.57. The molecule has 1 heterocycles. The van der Waals surface area contributed by atoms with Gasteiger partial charge in [0.2, 0.25) is 0 Å². The molecule has 3 rings (SSSR count). The Morgan fingerprint density at radius 3 is 2.56 bits per heavy atom. The van der Waals surface area contributed by atoms with Gasteiger partial charge in [0.05, 0.1) is 0 Å². The molecule has 2 fully saturated rings. The molecule has 0 unspecified atom stereocenters. The molecule has 2 saturated carbocycles. The van der Waals surface area contributed by atoms with Crippen molar-refractivity contribution in [3.63, 3.8) is 0 Å². The van der Waals surface area contributed by atoms with Crippen molar-refractivity contribution in [3.05, 3.63) is 12.7 Å². The first kappa shape index (κ1) is 13.0. The van der Waals surface area contributed by atoms with Gasteiger partial charge >= 0.3 is 0 Å². The molecular formula is C12H16Cl3N3. The fraction of sp³-hybridized carbons (Fsp3) is 0.833. The lowest BCUT2D eigenvalue weighted by molar-refractivity contribution is 0.351. The third-order valence-corrected chi connectivity index (χ3v) is 5.77. The van der Waals surface area contributed by atoms with Crippen LogP contribution in [0.3, 0.4) is 0 Å². The Morgan fingerprint density at radius 2 is 2.06 bits per heavy atom. The van der Waals surface area contributed by atoms with Crippen LogP contribution >= 0.6 is 34.8 Å². The Labute approximate surface area is 122 Å². The summed E-state index contributed by atoms with van der Waals surface area (Å²) in [7, 11) is 0. The van der Waals surface area contributed by atoms with Gasteiger partial charge in [0, 0.05) is 11.4 Å². The van der Waals surface area contributed by atoms with Crippen LogP contribution in [0.1, 0.15) is 32.1 Å². The quantitative estimate of drug-likeness (QED) is 0.751. The van der Waals surface area contributed by atoms with Gasteiger partial charge in [-0.2, -0.15) is 5.10 Å². The van der Waals surface area contributed by atoms with Crippen molar-refractivity contribution in [3.8, 4) is 0 Å². The predicted molar refractivity (Wildman–Crippen MR) is 73.1 cm³/mol. The minimum Gasteiger partial charge on any atom is -0.253 e. The van der Waals surface area contributed by atoms with Gasteiger partial charge in [0.15, 0.2) is 0 Å². The molecular weight excluding hydrogens is 293 g/mol. The summed E-state index contributed by atoms with van der Waals surface area (Å²) in [5.41, 5.74) is 0. The minimum absolute atomic E-state index is 0.0257. The molecule has 0 bridgehead atoms. The molecule has 100 valence electrons. The van der Waals surface area contributed by atoms with Gasteiger partial charge in [0.25, 0.3) is 0 Å². The second-order valence-corrected chi connectivity index (χ2v) is 7.88. The van der Waals surface area contributed by atoms with E-state index in [0.29, 0.717) is 11.8 Å². The standard InChI is InChI=1S/C12H16Cl3N3/c13-11(3-4-11)10(6-18-8-16-7-17-18)2-1-9-5-12(9,14)15/h7-10H,1-6H2/t9-,10+/m0/s1. The maximum Gasteiger partial charge on any atom is 0.137 e. The number of rotatable bonds is 6. The highest BCUT2D eigenvalue weighted by Gasteiger charge is 2.53. The van der Waals surface area contributed by atoms with E-state index in [2.05, 4.69) is 10.1 Å². The van der Waals surface area contributed by atoms with Gasteiger partial charge in [-0.3, -0.25) is 4.68 Å². The van der Waals surface area contributed by atoms with E-state index in [1.54, 1.807) is 12.7 Å². The third-order valence-electron chi connectivity index (χ3n) is 4.15. The van der Waals surface area contributed by atoms with Crippen LogP contribution in [0, 0.1) is 11.8 Å². The fourth-order valence-electron chi connectivity index (χ4n) is 2.58. The number of nitrogens with zero attached hydrogens (tertiary/aromatic N) is 3. The normalized spacial score (nSPS) is 28.9. The summed E-state index contributed by atoms with van der Waals surface area (Å²) in [6, 6.07) is 0. The zero-order valence-corrected chi connectivity index (χ0v) is 12.3. The van der Waals surface area contributed by atoms with Crippen LogP contribution < -0.4 is 0 Å². The van der Waals surface area contributed by atoms with Gasteiger partial charge in [-0.05, 0) is 43.9 Å². The van der Waals surface area contributed by atoms with Crippen LogP contribution in [0.15, 0.2) is 12.7 Å². The first-order valence-electron chi connectivity index (χ1n) is 6.39. The third kappa shape index (κ3) is 2.78. The molecule has 1 aromatic heterocycles. The second-order valence-electron chi connectivity index (χ2n) is 5.59. The second kappa shape index (κ2) is 4.53. The minimum atomic E-state index is -0.471. The molecule has 0 aliphatic heterocycles. The molecule has 2 atom stereocenters. The maximum absolute atomic E-state index is 6.57. The zero-order valence-electron chi connectivity index (χ0n) is 10.0. The highest BCUT2D eigenvalue weighted by Crippen LogP contribution is 2.57. The Kier molecular flexibility index (Phi) is 3.28. The lowest BCUT2D eigenvalue weighted by atomic mass is 9.95. The molecule has 0 spiro atoms. The Bertz CT molecular complexity index is 414. The lowest BCUT2D eigenvalue weighted by Gasteiger charge is -2.21. The van der Waals surface area contributed by atoms with Gasteiger partial charge in [-0.1, -0.05) is 0 Å². The number of hydrogen-bond donors (Lipinski definition) is 0. The summed E-state index contributed by atoms with van der Waals surface area (Å²) in [4.78, 5) is 3.95. The predicted octanol–water partition coefficient (Wildman–Crippen LogP) is 3.64. The molecule has 2 aliphatic rings.